The molecule has 0 saturated heterocycles. The number of amides is 2. The molecular formula is C18H20ClN3O2S. The van der Waals surface area contributed by atoms with Crippen molar-refractivity contribution in [3.05, 3.63) is 53.2 Å². The molecule has 0 radical (unpaired) electrons. The van der Waals surface area contributed by atoms with Crippen LogP contribution in [0.2, 0.25) is 5.02 Å². The van der Waals surface area contributed by atoms with E-state index in [1.54, 1.807) is 42.2 Å². The van der Waals surface area contributed by atoms with Crippen LogP contribution in [0.15, 0.2) is 47.6 Å². The molecule has 1 aromatic heterocycles. The van der Waals surface area contributed by atoms with Gasteiger partial charge in [-0.25, -0.2) is 4.98 Å². The van der Waals surface area contributed by atoms with Crippen molar-refractivity contribution in [1.29, 1.82) is 0 Å². The number of halogens is 1. The molecule has 0 bridgehead atoms. The van der Waals surface area contributed by atoms with E-state index in [0.29, 0.717) is 10.7 Å². The zero-order valence-corrected chi connectivity index (χ0v) is 15.7. The summed E-state index contributed by atoms with van der Waals surface area (Å²) in [6.07, 6.45) is 1.75. The summed E-state index contributed by atoms with van der Waals surface area (Å²) in [7, 11) is 0. The molecule has 1 heterocycles. The summed E-state index contributed by atoms with van der Waals surface area (Å²) in [5.41, 5.74) is 1.45. The molecule has 0 unspecified atom stereocenters. The predicted molar refractivity (Wildman–Crippen MR) is 102 cm³/mol. The third-order valence-electron chi connectivity index (χ3n) is 3.35. The lowest BCUT2D eigenvalue weighted by molar-refractivity contribution is -0.120. The molecule has 2 rings (SSSR count). The molecule has 0 saturated carbocycles. The maximum absolute atomic E-state index is 12.3. The van der Waals surface area contributed by atoms with Crippen molar-refractivity contribution in [3.8, 4) is 0 Å². The Morgan fingerprint density at radius 1 is 1.20 bits per heavy atom. The average molecular weight is 378 g/mol. The van der Waals surface area contributed by atoms with Gasteiger partial charge in [-0.15, -0.1) is 11.8 Å². The quantitative estimate of drug-likeness (QED) is 0.714. The lowest BCUT2D eigenvalue weighted by atomic mass is 10.0. The van der Waals surface area contributed by atoms with Gasteiger partial charge in [-0.1, -0.05) is 30.7 Å². The van der Waals surface area contributed by atoms with Crippen LogP contribution < -0.4 is 10.6 Å². The van der Waals surface area contributed by atoms with Crippen LogP contribution in [0.1, 0.15) is 31.9 Å². The number of pyridine rings is 1. The second-order valence-electron chi connectivity index (χ2n) is 5.38. The van der Waals surface area contributed by atoms with Gasteiger partial charge in [0.25, 0.3) is 0 Å². The minimum absolute atomic E-state index is 0.118. The topological polar surface area (TPSA) is 71.1 Å². The normalized spacial score (nSPS) is 11.6. The first-order valence-electron chi connectivity index (χ1n) is 7.89. The number of aromatic nitrogens is 1. The zero-order chi connectivity index (χ0) is 18.2. The van der Waals surface area contributed by atoms with Crippen molar-refractivity contribution in [2.75, 3.05) is 11.1 Å². The summed E-state index contributed by atoms with van der Waals surface area (Å²) in [5, 5.41) is 7.12. The van der Waals surface area contributed by atoms with Crippen LogP contribution in [0.4, 0.5) is 5.69 Å². The number of nitrogens with one attached hydrogen (secondary N) is 2. The molecule has 1 atom stereocenters. The molecule has 2 aromatic rings. The Balaban J connectivity index is 2.03. The SMILES string of the molecule is CCSc1ccc(NC(=O)C[C@@H](NC(C)=O)c2ccc(Cl)cc2)cn1. The van der Waals surface area contributed by atoms with E-state index in [9.17, 15) is 9.59 Å². The Kier molecular flexibility index (Phi) is 7.28. The first-order valence-corrected chi connectivity index (χ1v) is 9.25. The van der Waals surface area contributed by atoms with E-state index in [0.717, 1.165) is 16.3 Å². The number of anilines is 1. The Labute approximate surface area is 156 Å². The molecular weight excluding hydrogens is 358 g/mol. The highest BCUT2D eigenvalue weighted by molar-refractivity contribution is 7.99. The molecule has 0 aliphatic rings. The van der Waals surface area contributed by atoms with Crippen molar-refractivity contribution in [2.24, 2.45) is 0 Å². The molecule has 0 fully saturated rings. The highest BCUT2D eigenvalue weighted by Crippen LogP contribution is 2.21. The summed E-state index contributed by atoms with van der Waals surface area (Å²) in [4.78, 5) is 28.1. The number of carbonyl (C=O) groups excluding carboxylic acids is 2. The molecule has 25 heavy (non-hydrogen) atoms. The van der Waals surface area contributed by atoms with Crippen molar-refractivity contribution >= 4 is 40.9 Å². The highest BCUT2D eigenvalue weighted by atomic mass is 35.5. The lowest BCUT2D eigenvalue weighted by Crippen LogP contribution is -2.29. The van der Waals surface area contributed by atoms with Gasteiger partial charge in [0.15, 0.2) is 0 Å². The summed E-state index contributed by atoms with van der Waals surface area (Å²) >= 11 is 7.53. The monoisotopic (exact) mass is 377 g/mol. The van der Waals surface area contributed by atoms with E-state index in [-0.39, 0.29) is 18.2 Å². The fraction of sp³-hybridized carbons (Fsp3) is 0.278. The van der Waals surface area contributed by atoms with Crippen molar-refractivity contribution < 1.29 is 9.59 Å². The minimum Gasteiger partial charge on any atom is -0.349 e. The van der Waals surface area contributed by atoms with Crippen LogP contribution in [-0.2, 0) is 9.59 Å². The Bertz CT molecular complexity index is 720. The molecule has 132 valence electrons. The first kappa shape index (κ1) is 19.3. The zero-order valence-electron chi connectivity index (χ0n) is 14.1. The molecule has 2 N–H and O–H groups in total. The molecule has 1 aromatic carbocycles. The van der Waals surface area contributed by atoms with Crippen molar-refractivity contribution in [3.63, 3.8) is 0 Å². The Hall–Kier alpha value is -2.05. The lowest BCUT2D eigenvalue weighted by Gasteiger charge is -2.18. The van der Waals surface area contributed by atoms with Crippen LogP contribution in [0.3, 0.4) is 0 Å². The Morgan fingerprint density at radius 2 is 1.92 bits per heavy atom. The second kappa shape index (κ2) is 9.44. The van der Waals surface area contributed by atoms with Crippen molar-refractivity contribution in [1.82, 2.24) is 10.3 Å². The second-order valence-corrected chi connectivity index (χ2v) is 7.10. The van der Waals surface area contributed by atoms with E-state index in [1.807, 2.05) is 12.1 Å². The molecule has 2 amide bonds. The predicted octanol–water partition coefficient (Wildman–Crippen LogP) is 4.05. The van der Waals surface area contributed by atoms with E-state index in [2.05, 4.69) is 22.5 Å². The van der Waals surface area contributed by atoms with Crippen LogP contribution in [0, 0.1) is 0 Å². The van der Waals surface area contributed by atoms with E-state index < -0.39 is 6.04 Å². The van der Waals surface area contributed by atoms with E-state index in [4.69, 9.17) is 11.6 Å². The van der Waals surface area contributed by atoms with Gasteiger partial charge in [-0.05, 0) is 35.6 Å². The number of nitrogens with zero attached hydrogens (tertiary/aromatic N) is 1. The van der Waals surface area contributed by atoms with Crippen LogP contribution in [0.5, 0.6) is 0 Å². The fourth-order valence-corrected chi connectivity index (χ4v) is 2.99. The number of hydrogen-bond acceptors (Lipinski definition) is 4. The molecule has 5 nitrogen and oxygen atoms in total. The van der Waals surface area contributed by atoms with Crippen molar-refractivity contribution in [2.45, 2.75) is 31.3 Å². The largest absolute Gasteiger partial charge is 0.349 e. The Morgan fingerprint density at radius 3 is 2.48 bits per heavy atom. The third kappa shape index (κ3) is 6.40. The van der Waals surface area contributed by atoms with Gasteiger partial charge in [0.1, 0.15) is 0 Å². The molecule has 0 aliphatic heterocycles. The average Bonchev–Trinajstić information content (AvgIpc) is 2.56. The van der Waals surface area contributed by atoms with Gasteiger partial charge >= 0.3 is 0 Å². The van der Waals surface area contributed by atoms with Gasteiger partial charge in [-0.3, -0.25) is 9.59 Å². The van der Waals surface area contributed by atoms with Gasteiger partial charge in [0.05, 0.1) is 29.4 Å². The number of carbonyl (C=O) groups is 2. The third-order valence-corrected chi connectivity index (χ3v) is 4.43. The summed E-state index contributed by atoms with van der Waals surface area (Å²) in [6, 6.07) is 10.3. The molecule has 7 heteroatoms. The number of thioether (sulfide) groups is 1. The van der Waals surface area contributed by atoms with Crippen LogP contribution in [-0.4, -0.2) is 22.6 Å². The summed E-state index contributed by atoms with van der Waals surface area (Å²) in [6.45, 7) is 3.48. The number of rotatable bonds is 7. The maximum atomic E-state index is 12.3. The van der Waals surface area contributed by atoms with Gasteiger partial charge in [0, 0.05) is 11.9 Å². The van der Waals surface area contributed by atoms with E-state index >= 15 is 0 Å². The molecule has 0 spiro atoms. The van der Waals surface area contributed by atoms with Gasteiger partial charge in [0.2, 0.25) is 11.8 Å². The number of hydrogen-bond donors (Lipinski definition) is 2. The highest BCUT2D eigenvalue weighted by Gasteiger charge is 2.17. The standard InChI is InChI=1S/C18H20ClN3O2S/c1-3-25-18-9-8-15(11-20-18)22-17(24)10-16(21-12(2)23)13-4-6-14(19)7-5-13/h4-9,11,16H,3,10H2,1-2H3,(H,21,23)(H,22,24)/t16-/m1/s1. The summed E-state index contributed by atoms with van der Waals surface area (Å²) < 4.78 is 0. The maximum Gasteiger partial charge on any atom is 0.226 e. The summed E-state index contributed by atoms with van der Waals surface area (Å²) in [5.74, 6) is 0.541. The van der Waals surface area contributed by atoms with Gasteiger partial charge < -0.3 is 10.6 Å². The minimum atomic E-state index is -0.419. The molecule has 0 aliphatic carbocycles. The first-order chi connectivity index (χ1) is 12.0. The number of benzene rings is 1. The van der Waals surface area contributed by atoms with E-state index in [1.165, 1.54) is 6.92 Å². The smallest absolute Gasteiger partial charge is 0.226 e. The fourth-order valence-electron chi connectivity index (χ4n) is 2.28. The van der Waals surface area contributed by atoms with Gasteiger partial charge in [-0.2, -0.15) is 0 Å². The van der Waals surface area contributed by atoms with Crippen LogP contribution >= 0.6 is 23.4 Å². The van der Waals surface area contributed by atoms with Crippen LogP contribution in [0.25, 0.3) is 0 Å².